The average molecular weight is 480 g/mol. The van der Waals surface area contributed by atoms with E-state index in [-0.39, 0.29) is 20.9 Å². The summed E-state index contributed by atoms with van der Waals surface area (Å²) in [6, 6.07) is 2.72. The molecule has 0 spiro atoms. The van der Waals surface area contributed by atoms with Crippen LogP contribution in [0.1, 0.15) is 10.6 Å². The molecule has 0 N–H and O–H groups in total. The molecule has 1 aromatic heterocycles. The minimum Gasteiger partial charge on any atom is -0.457 e. The number of alkyl halides is 4. The summed E-state index contributed by atoms with van der Waals surface area (Å²) in [5, 5.41) is -0.207. The molecular formula is C14H5Cl6NO5. The zero-order chi connectivity index (χ0) is 19.2. The number of hydrogen-bond acceptors (Lipinski definition) is 5. The van der Waals surface area contributed by atoms with Gasteiger partial charge in [-0.2, -0.15) is 0 Å². The second-order valence-corrected chi connectivity index (χ2v) is 9.18. The van der Waals surface area contributed by atoms with Gasteiger partial charge in [-0.25, -0.2) is 4.79 Å². The van der Waals surface area contributed by atoms with Gasteiger partial charge in [-0.1, -0.05) is 46.4 Å². The Labute approximate surface area is 175 Å². The Morgan fingerprint density at radius 1 is 1.04 bits per heavy atom. The van der Waals surface area contributed by atoms with Crippen LogP contribution in [0.15, 0.2) is 32.9 Å². The predicted molar refractivity (Wildman–Crippen MR) is 93.3 cm³/mol. The van der Waals surface area contributed by atoms with Crippen molar-refractivity contribution in [3.05, 3.63) is 34.2 Å². The Balaban J connectivity index is 1.76. The van der Waals surface area contributed by atoms with Gasteiger partial charge < -0.3 is 9.25 Å². The average Bonchev–Trinajstić information content (AvgIpc) is 3.25. The summed E-state index contributed by atoms with van der Waals surface area (Å²) >= 11 is 37.9. The molecule has 0 aromatic carbocycles. The van der Waals surface area contributed by atoms with Crippen LogP contribution in [-0.2, 0) is 14.4 Å². The van der Waals surface area contributed by atoms with Crippen LogP contribution in [0.2, 0.25) is 0 Å². The van der Waals surface area contributed by atoms with E-state index in [9.17, 15) is 14.4 Å². The summed E-state index contributed by atoms with van der Waals surface area (Å²) in [5.74, 6) is -5.96. The van der Waals surface area contributed by atoms with Crippen LogP contribution < -0.4 is 0 Å². The standard InChI is InChI=1S/C14H5Cl6NO5/c15-7-8(16)13(18)6-5(12(7,17)14(13,19)20)9(22)21(10(6)23)26-11(24)4-2-1-3-25-4/h1-3,5-6H. The fourth-order valence-corrected chi connectivity index (χ4v) is 6.51. The number of nitrogens with zero attached hydrogens (tertiary/aromatic N) is 1. The molecule has 6 nitrogen and oxygen atoms in total. The summed E-state index contributed by atoms with van der Waals surface area (Å²) in [6.45, 7) is 0. The van der Waals surface area contributed by atoms with Gasteiger partial charge in [0.1, 0.15) is 9.75 Å². The lowest BCUT2D eigenvalue weighted by Gasteiger charge is -2.34. The SMILES string of the molecule is O=C(ON1C(=O)C2C(C1=O)C1(Cl)C(Cl)=C(Cl)C2(Cl)C1(Cl)Cl)c1ccco1. The van der Waals surface area contributed by atoms with Crippen molar-refractivity contribution in [2.24, 2.45) is 11.8 Å². The minimum absolute atomic E-state index is 0.218. The molecule has 0 radical (unpaired) electrons. The van der Waals surface area contributed by atoms with E-state index in [1.54, 1.807) is 0 Å². The normalized spacial score (nSPS) is 37.5. The third-order valence-electron chi connectivity index (χ3n) is 4.76. The van der Waals surface area contributed by atoms with Crippen LogP contribution in [-0.4, -0.2) is 36.9 Å². The number of fused-ring (bicyclic) bond motifs is 5. The number of carbonyl (C=O) groups excluding carboxylic acids is 3. The first-order chi connectivity index (χ1) is 12.0. The van der Waals surface area contributed by atoms with Gasteiger partial charge in [-0.15, -0.1) is 28.3 Å². The number of rotatable bonds is 2. The van der Waals surface area contributed by atoms with Crippen LogP contribution in [0.25, 0.3) is 0 Å². The van der Waals surface area contributed by atoms with Crippen molar-refractivity contribution in [1.82, 2.24) is 5.06 Å². The highest BCUT2D eigenvalue weighted by molar-refractivity contribution is 6.66. The maximum Gasteiger partial charge on any atom is 0.398 e. The molecule has 138 valence electrons. The van der Waals surface area contributed by atoms with Crippen LogP contribution in [0.3, 0.4) is 0 Å². The van der Waals surface area contributed by atoms with Gasteiger partial charge in [-0.05, 0) is 12.1 Å². The molecule has 2 heterocycles. The first-order valence-corrected chi connectivity index (χ1v) is 9.23. The Hall–Kier alpha value is -0.630. The summed E-state index contributed by atoms with van der Waals surface area (Å²) in [4.78, 5) is 38.6. The van der Waals surface area contributed by atoms with E-state index in [0.717, 1.165) is 0 Å². The monoisotopic (exact) mass is 477 g/mol. The molecule has 1 saturated carbocycles. The molecular weight excluding hydrogens is 475 g/mol. The predicted octanol–water partition coefficient (Wildman–Crippen LogP) is 3.80. The maximum absolute atomic E-state index is 12.8. The van der Waals surface area contributed by atoms with Crippen LogP contribution >= 0.6 is 69.6 Å². The fourth-order valence-electron chi connectivity index (χ4n) is 3.58. The van der Waals surface area contributed by atoms with Crippen molar-refractivity contribution in [2.45, 2.75) is 14.1 Å². The summed E-state index contributed by atoms with van der Waals surface area (Å²) in [6.07, 6.45) is 1.22. The van der Waals surface area contributed by atoms with Crippen molar-refractivity contribution in [1.29, 1.82) is 0 Å². The number of hydrogen-bond donors (Lipinski definition) is 0. The molecule has 2 aliphatic carbocycles. The van der Waals surface area contributed by atoms with Crippen LogP contribution in [0, 0.1) is 11.8 Å². The minimum atomic E-state index is -2.05. The first kappa shape index (κ1) is 18.7. The Bertz CT molecular complexity index is 852. The zero-order valence-electron chi connectivity index (χ0n) is 12.1. The number of hydroxylamine groups is 2. The highest BCUT2D eigenvalue weighted by Gasteiger charge is 2.88. The lowest BCUT2D eigenvalue weighted by molar-refractivity contribution is -0.175. The highest BCUT2D eigenvalue weighted by atomic mass is 35.5. The van der Waals surface area contributed by atoms with Crippen molar-refractivity contribution in [3.63, 3.8) is 0 Å². The van der Waals surface area contributed by atoms with Gasteiger partial charge in [-0.3, -0.25) is 9.59 Å². The van der Waals surface area contributed by atoms with Gasteiger partial charge in [0, 0.05) is 0 Å². The number of imide groups is 1. The molecule has 2 fully saturated rings. The third kappa shape index (κ3) is 1.81. The van der Waals surface area contributed by atoms with E-state index >= 15 is 0 Å². The van der Waals surface area contributed by atoms with Crippen molar-refractivity contribution < 1.29 is 23.6 Å². The number of allylic oxidation sites excluding steroid dienone is 2. The molecule has 2 amide bonds. The molecule has 4 rings (SSSR count). The lowest BCUT2D eigenvalue weighted by atomic mass is 9.84. The van der Waals surface area contributed by atoms with E-state index in [1.807, 2.05) is 0 Å². The largest absolute Gasteiger partial charge is 0.457 e. The second kappa shape index (κ2) is 5.46. The van der Waals surface area contributed by atoms with Crippen molar-refractivity contribution in [2.75, 3.05) is 0 Å². The summed E-state index contributed by atoms with van der Waals surface area (Å²) in [7, 11) is 0. The molecule has 4 unspecified atom stereocenters. The molecule has 1 saturated heterocycles. The number of carbonyl (C=O) groups is 3. The summed E-state index contributed by atoms with van der Waals surface area (Å²) < 4.78 is 2.82. The molecule has 1 aliphatic heterocycles. The van der Waals surface area contributed by atoms with E-state index < -0.39 is 43.7 Å². The van der Waals surface area contributed by atoms with Crippen LogP contribution in [0.5, 0.6) is 0 Å². The Morgan fingerprint density at radius 2 is 1.54 bits per heavy atom. The molecule has 1 aromatic rings. The van der Waals surface area contributed by atoms with Gasteiger partial charge in [0.15, 0.2) is 4.33 Å². The topological polar surface area (TPSA) is 76.8 Å². The maximum atomic E-state index is 12.8. The smallest absolute Gasteiger partial charge is 0.398 e. The van der Waals surface area contributed by atoms with Gasteiger partial charge in [0.05, 0.1) is 28.2 Å². The lowest BCUT2D eigenvalue weighted by Crippen LogP contribution is -2.50. The van der Waals surface area contributed by atoms with E-state index in [4.69, 9.17) is 78.9 Å². The van der Waals surface area contributed by atoms with Crippen LogP contribution in [0.4, 0.5) is 0 Å². The quantitative estimate of drug-likeness (QED) is 0.476. The molecule has 4 atom stereocenters. The first-order valence-electron chi connectivity index (χ1n) is 6.96. The van der Waals surface area contributed by atoms with E-state index in [1.165, 1.54) is 18.4 Å². The van der Waals surface area contributed by atoms with Crippen molar-refractivity contribution >= 4 is 87.4 Å². The van der Waals surface area contributed by atoms with Crippen molar-refractivity contribution in [3.8, 4) is 0 Å². The second-order valence-electron chi connectivity index (χ2n) is 5.91. The zero-order valence-corrected chi connectivity index (χ0v) is 16.7. The fraction of sp³-hybridized carbons (Fsp3) is 0.357. The van der Waals surface area contributed by atoms with E-state index in [2.05, 4.69) is 0 Å². The number of amides is 2. The van der Waals surface area contributed by atoms with Gasteiger partial charge in [0.2, 0.25) is 5.76 Å². The van der Waals surface area contributed by atoms with Gasteiger partial charge >= 0.3 is 5.97 Å². The Morgan fingerprint density at radius 3 is 1.96 bits per heavy atom. The molecule has 2 bridgehead atoms. The highest BCUT2D eigenvalue weighted by Crippen LogP contribution is 2.77. The molecule has 26 heavy (non-hydrogen) atoms. The molecule has 12 heteroatoms. The van der Waals surface area contributed by atoms with E-state index in [0.29, 0.717) is 0 Å². The van der Waals surface area contributed by atoms with Gasteiger partial charge in [0.25, 0.3) is 11.8 Å². The summed E-state index contributed by atoms with van der Waals surface area (Å²) in [5.41, 5.74) is 0. The molecule has 3 aliphatic rings. The number of furan rings is 1. The third-order valence-corrected chi connectivity index (χ3v) is 9.02. The number of halogens is 6. The Kier molecular flexibility index (Phi) is 3.93.